The molecule has 0 N–H and O–H groups in total. The van der Waals surface area contributed by atoms with Gasteiger partial charge in [-0.05, 0) is 40.7 Å². The van der Waals surface area contributed by atoms with Crippen LogP contribution in [-0.2, 0) is 0 Å². The van der Waals surface area contributed by atoms with Gasteiger partial charge in [-0.3, -0.25) is 4.90 Å². The minimum absolute atomic E-state index is 0.235. The van der Waals surface area contributed by atoms with Crippen molar-refractivity contribution in [2.45, 2.75) is 59.0 Å². The molecule has 0 aromatic heterocycles. The zero-order valence-corrected chi connectivity index (χ0v) is 10.1. The first-order valence-electron chi connectivity index (χ1n) is 5.25. The summed E-state index contributed by atoms with van der Waals surface area (Å²) in [6.07, 6.45) is 2.24. The highest BCUT2D eigenvalue weighted by molar-refractivity contribution is 5.06. The van der Waals surface area contributed by atoms with E-state index in [-0.39, 0.29) is 5.54 Å². The monoisotopic (exact) mass is 183 g/mol. The predicted molar refractivity (Wildman–Crippen MR) is 61.0 cm³/mol. The van der Waals surface area contributed by atoms with Crippen molar-refractivity contribution in [1.82, 2.24) is 4.90 Å². The Morgan fingerprint density at radius 1 is 1.31 bits per heavy atom. The smallest absolute Gasteiger partial charge is 0.0304 e. The molecular weight excluding hydrogens is 158 g/mol. The van der Waals surface area contributed by atoms with E-state index in [9.17, 15) is 0 Å². The van der Waals surface area contributed by atoms with Crippen LogP contribution in [0, 0.1) is 0 Å². The molecule has 0 rings (SSSR count). The molecular formula is C12H25N. The third kappa shape index (κ3) is 3.51. The molecule has 0 fully saturated rings. The molecule has 0 heterocycles. The van der Waals surface area contributed by atoms with Gasteiger partial charge in [-0.1, -0.05) is 26.0 Å². The lowest BCUT2D eigenvalue weighted by Gasteiger charge is -2.39. The lowest BCUT2D eigenvalue weighted by Crippen LogP contribution is -2.45. The van der Waals surface area contributed by atoms with Gasteiger partial charge in [0.15, 0.2) is 0 Å². The fraction of sp³-hybridized carbons (Fsp3) is 0.833. The van der Waals surface area contributed by atoms with Gasteiger partial charge in [0.1, 0.15) is 0 Å². The van der Waals surface area contributed by atoms with Gasteiger partial charge < -0.3 is 0 Å². The Balaban J connectivity index is 4.50. The van der Waals surface area contributed by atoms with Crippen LogP contribution >= 0.6 is 0 Å². The van der Waals surface area contributed by atoms with Crippen molar-refractivity contribution in [2.24, 2.45) is 0 Å². The molecule has 1 atom stereocenters. The van der Waals surface area contributed by atoms with Crippen LogP contribution < -0.4 is 0 Å². The number of hydrogen-bond acceptors (Lipinski definition) is 1. The largest absolute Gasteiger partial charge is 0.295 e. The Morgan fingerprint density at radius 3 is 2.00 bits per heavy atom. The average molecular weight is 183 g/mol. The summed E-state index contributed by atoms with van der Waals surface area (Å²) in [6.45, 7) is 15.3. The van der Waals surface area contributed by atoms with Crippen molar-refractivity contribution in [3.8, 4) is 0 Å². The van der Waals surface area contributed by atoms with E-state index in [1.54, 1.807) is 0 Å². The van der Waals surface area contributed by atoms with E-state index in [0.29, 0.717) is 6.04 Å². The molecule has 1 heteroatoms. The molecule has 13 heavy (non-hydrogen) atoms. The highest BCUT2D eigenvalue weighted by atomic mass is 15.2. The normalized spacial score (nSPS) is 14.7. The van der Waals surface area contributed by atoms with E-state index in [0.717, 1.165) is 12.8 Å². The summed E-state index contributed by atoms with van der Waals surface area (Å²) in [7, 11) is 2.19. The number of rotatable bonds is 4. The van der Waals surface area contributed by atoms with Gasteiger partial charge in [0.05, 0.1) is 0 Å². The second-order valence-electron chi connectivity index (χ2n) is 4.72. The van der Waals surface area contributed by atoms with Crippen LogP contribution in [0.25, 0.3) is 0 Å². The zero-order valence-electron chi connectivity index (χ0n) is 10.1. The molecule has 0 amide bonds. The first kappa shape index (κ1) is 12.7. The molecule has 0 saturated heterocycles. The summed E-state index contributed by atoms with van der Waals surface area (Å²) in [6, 6.07) is 0.532. The SMILES string of the molecule is C=C(CC)C(CC)N(C)C(C)(C)C. The molecule has 0 bridgehead atoms. The topological polar surface area (TPSA) is 3.24 Å². The fourth-order valence-electron chi connectivity index (χ4n) is 1.54. The van der Waals surface area contributed by atoms with Crippen molar-refractivity contribution >= 4 is 0 Å². The van der Waals surface area contributed by atoms with Gasteiger partial charge >= 0.3 is 0 Å². The van der Waals surface area contributed by atoms with Gasteiger partial charge in [-0.15, -0.1) is 0 Å². The Labute approximate surface area is 83.8 Å². The van der Waals surface area contributed by atoms with Crippen LogP contribution in [0.5, 0.6) is 0 Å². The highest BCUT2D eigenvalue weighted by Gasteiger charge is 2.24. The van der Waals surface area contributed by atoms with E-state index < -0.39 is 0 Å². The van der Waals surface area contributed by atoms with Crippen LogP contribution in [0.4, 0.5) is 0 Å². The van der Waals surface area contributed by atoms with Crippen LogP contribution in [0.1, 0.15) is 47.5 Å². The van der Waals surface area contributed by atoms with Crippen LogP contribution in [0.15, 0.2) is 12.2 Å². The zero-order chi connectivity index (χ0) is 10.6. The standard InChI is InChI=1S/C12H25N/c1-8-10(3)11(9-2)13(7)12(4,5)6/h11H,3,8-9H2,1-2,4-7H3. The molecule has 0 aliphatic rings. The Hall–Kier alpha value is -0.300. The minimum atomic E-state index is 0.235. The number of likely N-dealkylation sites (N-methyl/N-ethyl adjacent to an activating group) is 1. The molecule has 1 nitrogen and oxygen atoms in total. The summed E-state index contributed by atoms with van der Waals surface area (Å²) in [5.74, 6) is 0. The molecule has 0 radical (unpaired) electrons. The molecule has 78 valence electrons. The van der Waals surface area contributed by atoms with Gasteiger partial charge in [0, 0.05) is 11.6 Å². The molecule has 0 aliphatic carbocycles. The maximum Gasteiger partial charge on any atom is 0.0304 e. The van der Waals surface area contributed by atoms with Crippen molar-refractivity contribution in [3.05, 3.63) is 12.2 Å². The van der Waals surface area contributed by atoms with Crippen LogP contribution in [-0.4, -0.2) is 23.5 Å². The summed E-state index contributed by atoms with van der Waals surface area (Å²) >= 11 is 0. The van der Waals surface area contributed by atoms with Crippen LogP contribution in [0.3, 0.4) is 0 Å². The van der Waals surface area contributed by atoms with Crippen molar-refractivity contribution in [1.29, 1.82) is 0 Å². The van der Waals surface area contributed by atoms with E-state index in [1.807, 2.05) is 0 Å². The Kier molecular flexibility index (Phi) is 4.69. The molecule has 0 saturated carbocycles. The van der Waals surface area contributed by atoms with E-state index in [1.165, 1.54) is 5.57 Å². The summed E-state index contributed by atoms with van der Waals surface area (Å²) in [5, 5.41) is 0. The van der Waals surface area contributed by atoms with Crippen molar-refractivity contribution in [3.63, 3.8) is 0 Å². The van der Waals surface area contributed by atoms with Gasteiger partial charge in [-0.2, -0.15) is 0 Å². The molecule has 0 aromatic carbocycles. The fourth-order valence-corrected chi connectivity index (χ4v) is 1.54. The van der Waals surface area contributed by atoms with Gasteiger partial charge in [0.25, 0.3) is 0 Å². The van der Waals surface area contributed by atoms with Gasteiger partial charge in [0.2, 0.25) is 0 Å². The number of nitrogens with zero attached hydrogens (tertiary/aromatic N) is 1. The number of hydrogen-bond donors (Lipinski definition) is 0. The average Bonchev–Trinajstić information content (AvgIpc) is 2.03. The molecule has 0 spiro atoms. The van der Waals surface area contributed by atoms with E-state index in [4.69, 9.17) is 0 Å². The maximum absolute atomic E-state index is 4.14. The minimum Gasteiger partial charge on any atom is -0.295 e. The first-order valence-corrected chi connectivity index (χ1v) is 5.25. The quantitative estimate of drug-likeness (QED) is 0.603. The Morgan fingerprint density at radius 2 is 1.77 bits per heavy atom. The third-order valence-electron chi connectivity index (χ3n) is 2.84. The Bertz CT molecular complexity index is 164. The van der Waals surface area contributed by atoms with E-state index >= 15 is 0 Å². The summed E-state index contributed by atoms with van der Waals surface area (Å²) in [5.41, 5.74) is 1.58. The predicted octanol–water partition coefficient (Wildman–Crippen LogP) is 3.46. The first-order chi connectivity index (χ1) is 5.84. The van der Waals surface area contributed by atoms with Crippen LogP contribution in [0.2, 0.25) is 0 Å². The molecule has 0 aliphatic heterocycles. The summed E-state index contributed by atoms with van der Waals surface area (Å²) in [4.78, 5) is 2.42. The molecule has 0 aromatic rings. The second-order valence-corrected chi connectivity index (χ2v) is 4.72. The van der Waals surface area contributed by atoms with E-state index in [2.05, 4.69) is 53.1 Å². The second kappa shape index (κ2) is 4.80. The third-order valence-corrected chi connectivity index (χ3v) is 2.84. The maximum atomic E-state index is 4.14. The molecule has 1 unspecified atom stereocenters. The van der Waals surface area contributed by atoms with Gasteiger partial charge in [-0.25, -0.2) is 0 Å². The lowest BCUT2D eigenvalue weighted by molar-refractivity contribution is 0.131. The highest BCUT2D eigenvalue weighted by Crippen LogP contribution is 2.22. The summed E-state index contributed by atoms with van der Waals surface area (Å²) < 4.78 is 0. The van der Waals surface area contributed by atoms with Crippen molar-refractivity contribution < 1.29 is 0 Å². The van der Waals surface area contributed by atoms with Crippen molar-refractivity contribution in [2.75, 3.05) is 7.05 Å². The lowest BCUT2D eigenvalue weighted by atomic mass is 9.97.